The van der Waals surface area contributed by atoms with E-state index in [2.05, 4.69) is 32.3 Å². The summed E-state index contributed by atoms with van der Waals surface area (Å²) in [4.78, 5) is 39.7. The second kappa shape index (κ2) is 13.3. The fraction of sp³-hybridized carbons (Fsp3) is 0.591. The maximum Gasteiger partial charge on any atom is 0.322 e. The van der Waals surface area contributed by atoms with Crippen LogP contribution in [0.4, 0.5) is 5.69 Å². The highest BCUT2D eigenvalue weighted by atomic mass is 16.5. The fourth-order valence-corrected chi connectivity index (χ4v) is 13.3. The quantitative estimate of drug-likeness (QED) is 0.0713. The third kappa shape index (κ3) is 4.90. The lowest BCUT2D eigenvalue weighted by atomic mass is 9.47. The van der Waals surface area contributed by atoms with Crippen molar-refractivity contribution in [2.45, 2.75) is 99.0 Å². The number of carbonyl (C=O) groups is 2. The number of aliphatic hydroxyl groups excluding tert-OH is 1. The van der Waals surface area contributed by atoms with Crippen LogP contribution in [0.5, 0.6) is 5.75 Å². The molecule has 1 spiro atoms. The van der Waals surface area contributed by atoms with E-state index in [1.165, 1.54) is 7.11 Å². The van der Waals surface area contributed by atoms with Gasteiger partial charge in [0, 0.05) is 84.0 Å². The molecule has 306 valence electrons. The molecule has 1 aliphatic carbocycles. The monoisotopic (exact) mass is 782 g/mol. The lowest BCUT2D eigenvalue weighted by Crippen LogP contribution is -2.82. The average Bonchev–Trinajstić information content (AvgIpc) is 3.88. The molecule has 57 heavy (non-hydrogen) atoms. The number of amides is 1. The molecule has 3 unspecified atom stereocenters. The number of nitrogens with two attached hydrogens (primary N) is 1. The van der Waals surface area contributed by atoms with Gasteiger partial charge in [0.25, 0.3) is 5.91 Å². The van der Waals surface area contributed by atoms with Crippen LogP contribution in [0.15, 0.2) is 48.6 Å². The number of methoxy groups -OCH3 is 2. The van der Waals surface area contributed by atoms with E-state index in [-0.39, 0.29) is 12.0 Å². The van der Waals surface area contributed by atoms with Gasteiger partial charge in [0.15, 0.2) is 5.60 Å². The second-order valence-corrected chi connectivity index (χ2v) is 17.9. The van der Waals surface area contributed by atoms with Crippen molar-refractivity contribution >= 4 is 28.5 Å². The summed E-state index contributed by atoms with van der Waals surface area (Å²) >= 11 is 0. The third-order valence-corrected chi connectivity index (χ3v) is 15.7. The van der Waals surface area contributed by atoms with E-state index in [0.717, 1.165) is 46.5 Å². The Balaban J connectivity index is 1.34. The number of benzene rings is 2. The number of fused-ring (bicyclic) bond motifs is 6. The Labute approximate surface area is 334 Å². The first kappa shape index (κ1) is 38.5. The number of likely N-dealkylation sites (N-methyl/N-ethyl adjacent to an activating group) is 1. The highest BCUT2D eigenvalue weighted by Crippen LogP contribution is 2.67. The Kier molecular flexibility index (Phi) is 8.97. The lowest BCUT2D eigenvalue weighted by Gasteiger charge is -2.63. The zero-order chi connectivity index (χ0) is 40.3. The van der Waals surface area contributed by atoms with Gasteiger partial charge in [-0.2, -0.15) is 0 Å². The van der Waals surface area contributed by atoms with Gasteiger partial charge in [-0.3, -0.25) is 24.8 Å². The van der Waals surface area contributed by atoms with Crippen LogP contribution in [-0.2, 0) is 31.6 Å². The van der Waals surface area contributed by atoms with E-state index in [9.17, 15) is 20.1 Å². The topological polar surface area (TPSA) is 177 Å². The van der Waals surface area contributed by atoms with Gasteiger partial charge >= 0.3 is 5.97 Å². The molecular formula is C44H58N6O7. The first-order valence-corrected chi connectivity index (χ1v) is 20.8. The number of hydrazine groups is 1. The molecule has 10 atom stereocenters. The number of H-pyrrole nitrogens is 1. The number of ether oxygens (including phenoxy) is 2. The van der Waals surface area contributed by atoms with E-state index in [0.29, 0.717) is 75.9 Å². The van der Waals surface area contributed by atoms with E-state index in [4.69, 9.17) is 15.3 Å². The summed E-state index contributed by atoms with van der Waals surface area (Å²) in [6.07, 6.45) is 6.60. The Morgan fingerprint density at radius 2 is 1.84 bits per heavy atom. The van der Waals surface area contributed by atoms with Crippen molar-refractivity contribution in [2.24, 2.45) is 17.2 Å². The molecule has 1 amide bonds. The summed E-state index contributed by atoms with van der Waals surface area (Å²) in [7, 11) is 4.91. The van der Waals surface area contributed by atoms with E-state index in [1.807, 2.05) is 62.2 Å². The molecule has 0 radical (unpaired) electrons. The van der Waals surface area contributed by atoms with Crippen molar-refractivity contribution in [2.75, 3.05) is 58.9 Å². The van der Waals surface area contributed by atoms with Gasteiger partial charge in [0.1, 0.15) is 17.3 Å². The van der Waals surface area contributed by atoms with Crippen molar-refractivity contribution in [1.29, 1.82) is 0 Å². The number of hydrogen-bond donors (Lipinski definition) is 6. The number of nitrogens with zero attached hydrogens (tertiary/aromatic N) is 3. The summed E-state index contributed by atoms with van der Waals surface area (Å²) in [5, 5.41) is 38.1. The van der Waals surface area contributed by atoms with Crippen LogP contribution in [0, 0.1) is 11.3 Å². The highest BCUT2D eigenvalue weighted by Gasteiger charge is 2.78. The summed E-state index contributed by atoms with van der Waals surface area (Å²) < 4.78 is 12.2. The molecule has 7 N–H and O–H groups in total. The molecule has 9 rings (SSSR count). The normalized spacial score (nSPS) is 38.2. The summed E-state index contributed by atoms with van der Waals surface area (Å²) in [5.74, 6) is 5.19. The molecule has 5 aliphatic heterocycles. The molecule has 1 saturated carbocycles. The van der Waals surface area contributed by atoms with Crippen LogP contribution in [0.1, 0.15) is 74.8 Å². The molecule has 6 heterocycles. The number of aromatic amines is 1. The number of aromatic nitrogens is 1. The van der Waals surface area contributed by atoms with Crippen LogP contribution in [0.25, 0.3) is 10.9 Å². The van der Waals surface area contributed by atoms with Crippen LogP contribution >= 0.6 is 0 Å². The first-order chi connectivity index (χ1) is 27.3. The third-order valence-electron chi connectivity index (χ3n) is 15.7. The van der Waals surface area contributed by atoms with Crippen molar-refractivity contribution in [1.82, 2.24) is 20.2 Å². The van der Waals surface area contributed by atoms with Gasteiger partial charge in [-0.15, -0.1) is 0 Å². The minimum atomic E-state index is -2.30. The van der Waals surface area contributed by atoms with Gasteiger partial charge < -0.3 is 34.7 Å². The SMILES string of the molecule is CC[C@]1(O)C[C@@H]2CC[C@](C(=O)OC)(c3cc4c(cc3OC)N(C)C3[C@]45CCN4CC=C[C@](CC)(C45)[C@@H](O)[C@]3(O)C(=O)NN)c3[nH]c4ccccc4c3CCN(C2)C1. The van der Waals surface area contributed by atoms with Crippen LogP contribution in [-0.4, -0.2) is 125 Å². The molecule has 13 heteroatoms. The Morgan fingerprint density at radius 1 is 1.05 bits per heavy atom. The Hall–Kier alpha value is -3.98. The maximum atomic E-state index is 15.2. The van der Waals surface area contributed by atoms with Crippen molar-refractivity contribution < 1.29 is 34.4 Å². The largest absolute Gasteiger partial charge is 0.496 e. The van der Waals surface area contributed by atoms with E-state index >= 15 is 4.79 Å². The van der Waals surface area contributed by atoms with Crippen LogP contribution < -0.4 is 20.9 Å². The summed E-state index contributed by atoms with van der Waals surface area (Å²) in [6.45, 7) is 7.55. The Bertz CT molecular complexity index is 2160. The molecule has 2 saturated heterocycles. The van der Waals surface area contributed by atoms with Crippen molar-refractivity contribution in [3.63, 3.8) is 0 Å². The highest BCUT2D eigenvalue weighted by molar-refractivity contribution is 5.95. The molecule has 3 fully saturated rings. The summed E-state index contributed by atoms with van der Waals surface area (Å²) in [5.41, 5.74) is 0.890. The van der Waals surface area contributed by atoms with E-state index < -0.39 is 51.5 Å². The number of carbonyl (C=O) groups excluding carboxylic acids is 2. The van der Waals surface area contributed by atoms with Gasteiger partial charge in [0.2, 0.25) is 0 Å². The number of hydrogen-bond acceptors (Lipinski definition) is 11. The standard InChI is InChI=1S/C44H58N6O7/c1-6-40(54)23-26-13-16-42(39(53)57-5,34-28(14-19-49(24-26)25-40)27-11-8-9-12-31(27)46-34)30-21-29-32(22-33(30)56-4)48(3)36-43(29)17-20-50-18-10-15-41(7-2,35(43)50)37(51)44(36,55)38(52)47-45/h8-12,15,21-22,26,35-37,46,51,54-55H,6-7,13-14,16-20,23-25,45H2,1-5H3,(H,47,52)/t26-,35?,36?,37+,40-,41+,42-,43+,44-/m0/s1. The van der Waals surface area contributed by atoms with Crippen molar-refractivity contribution in [3.8, 4) is 5.75 Å². The van der Waals surface area contributed by atoms with Crippen LogP contribution in [0.2, 0.25) is 0 Å². The van der Waals surface area contributed by atoms with Crippen molar-refractivity contribution in [3.05, 3.63) is 70.9 Å². The number of nitrogens with one attached hydrogen (secondary N) is 2. The van der Waals surface area contributed by atoms with Gasteiger partial charge in [-0.1, -0.05) is 44.2 Å². The molecule has 2 bridgehead atoms. The number of rotatable bonds is 6. The van der Waals surface area contributed by atoms with E-state index in [1.54, 1.807) is 7.11 Å². The zero-order valence-corrected chi connectivity index (χ0v) is 33.8. The molecule has 3 aromatic rings. The second-order valence-electron chi connectivity index (χ2n) is 17.9. The number of esters is 1. The molecular weight excluding hydrogens is 725 g/mol. The number of para-hydroxylation sites is 1. The Morgan fingerprint density at radius 3 is 2.56 bits per heavy atom. The molecule has 6 aliphatic rings. The number of anilines is 1. The predicted molar refractivity (Wildman–Crippen MR) is 216 cm³/mol. The average molecular weight is 783 g/mol. The maximum absolute atomic E-state index is 15.2. The molecule has 1 aromatic heterocycles. The first-order valence-electron chi connectivity index (χ1n) is 20.8. The minimum absolute atomic E-state index is 0.125. The summed E-state index contributed by atoms with van der Waals surface area (Å²) in [6, 6.07) is 11.0. The lowest BCUT2D eigenvalue weighted by molar-refractivity contribution is -0.203. The minimum Gasteiger partial charge on any atom is -0.496 e. The number of aliphatic hydroxyl groups is 3. The van der Waals surface area contributed by atoms with Gasteiger partial charge in [-0.25, -0.2) is 5.84 Å². The fourth-order valence-electron chi connectivity index (χ4n) is 13.3. The predicted octanol–water partition coefficient (Wildman–Crippen LogP) is 2.63. The van der Waals surface area contributed by atoms with Gasteiger partial charge in [-0.05, 0) is 80.7 Å². The zero-order valence-electron chi connectivity index (χ0n) is 33.8. The van der Waals surface area contributed by atoms with Crippen LogP contribution in [0.3, 0.4) is 0 Å². The smallest absolute Gasteiger partial charge is 0.322 e. The molecule has 13 nitrogen and oxygen atoms in total. The molecule has 2 aromatic carbocycles. The number of piperidine rings is 1. The van der Waals surface area contributed by atoms with Gasteiger partial charge in [0.05, 0.1) is 25.9 Å².